The molecule has 92 valence electrons. The topological polar surface area (TPSA) is 80.8 Å². The van der Waals surface area contributed by atoms with E-state index in [0.717, 1.165) is 13.0 Å². The number of hydrogen-bond donors (Lipinski definition) is 2. The summed E-state index contributed by atoms with van der Waals surface area (Å²) in [5, 5.41) is 12.0. The van der Waals surface area contributed by atoms with Gasteiger partial charge >= 0.3 is 5.97 Å². The van der Waals surface area contributed by atoms with Crippen molar-refractivity contribution in [3.8, 4) is 0 Å². The minimum absolute atomic E-state index is 0. The quantitative estimate of drug-likeness (QED) is 0.606. The third-order valence-electron chi connectivity index (χ3n) is 2.18. The van der Waals surface area contributed by atoms with Crippen LogP contribution in [0.3, 0.4) is 0 Å². The minimum Gasteiger partial charge on any atom is -0.480 e. The molecule has 0 saturated carbocycles. The number of unbranched alkanes of at least 4 members (excludes halogenated alkanes) is 2. The summed E-state index contributed by atoms with van der Waals surface area (Å²) in [6.45, 7) is 7.05. The van der Waals surface area contributed by atoms with Gasteiger partial charge in [-0.25, -0.2) is 0 Å². The lowest BCUT2D eigenvalue weighted by molar-refractivity contribution is -0.139. The highest BCUT2D eigenvalue weighted by molar-refractivity contribution is 5.73. The summed E-state index contributed by atoms with van der Waals surface area (Å²) in [7, 11) is 0. The van der Waals surface area contributed by atoms with Crippen LogP contribution < -0.4 is 5.32 Å². The maximum Gasteiger partial charge on any atom is 0.320 e. The molecule has 0 heterocycles. The first-order valence-electron chi connectivity index (χ1n) is 5.54. The Kier molecular flexibility index (Phi) is 11.1. The number of aliphatic carboxylic acids is 1. The predicted octanol–water partition coefficient (Wildman–Crippen LogP) is 1.44. The first-order chi connectivity index (χ1) is 6.57. The summed E-state index contributed by atoms with van der Waals surface area (Å²) >= 11 is 0. The van der Waals surface area contributed by atoms with Gasteiger partial charge in [-0.3, -0.25) is 4.79 Å². The van der Waals surface area contributed by atoms with Crippen LogP contribution in [0, 0.1) is 5.92 Å². The Morgan fingerprint density at radius 3 is 2.33 bits per heavy atom. The molecule has 0 bridgehead atoms. The molecule has 0 aliphatic heterocycles. The van der Waals surface area contributed by atoms with Crippen molar-refractivity contribution in [1.82, 2.24) is 5.32 Å². The zero-order chi connectivity index (χ0) is 11.0. The van der Waals surface area contributed by atoms with Gasteiger partial charge in [-0.1, -0.05) is 33.6 Å². The summed E-state index contributed by atoms with van der Waals surface area (Å²) in [5.41, 5.74) is 0. The molecule has 0 amide bonds. The van der Waals surface area contributed by atoms with Gasteiger partial charge in [-0.05, 0) is 25.3 Å². The lowest BCUT2D eigenvalue weighted by atomic mass is 10.0. The van der Waals surface area contributed by atoms with E-state index in [-0.39, 0.29) is 11.5 Å². The van der Waals surface area contributed by atoms with E-state index >= 15 is 0 Å². The highest BCUT2D eigenvalue weighted by Gasteiger charge is 2.17. The Morgan fingerprint density at radius 1 is 1.33 bits per heavy atom. The van der Waals surface area contributed by atoms with Gasteiger partial charge in [0, 0.05) is 0 Å². The molecule has 0 radical (unpaired) electrons. The van der Waals surface area contributed by atoms with E-state index in [2.05, 4.69) is 12.2 Å². The zero-order valence-electron chi connectivity index (χ0n) is 10.0. The molecule has 0 aliphatic rings. The molecule has 0 aliphatic carbocycles. The molecule has 4 heteroatoms. The van der Waals surface area contributed by atoms with Crippen LogP contribution in [0.5, 0.6) is 0 Å². The molecule has 0 spiro atoms. The van der Waals surface area contributed by atoms with Gasteiger partial charge in [0.15, 0.2) is 0 Å². The van der Waals surface area contributed by atoms with Gasteiger partial charge in [0.2, 0.25) is 0 Å². The van der Waals surface area contributed by atoms with Crippen LogP contribution >= 0.6 is 0 Å². The lowest BCUT2D eigenvalue weighted by Gasteiger charge is -2.16. The summed E-state index contributed by atoms with van der Waals surface area (Å²) in [4.78, 5) is 10.8. The van der Waals surface area contributed by atoms with Crippen molar-refractivity contribution in [3.05, 3.63) is 0 Å². The van der Waals surface area contributed by atoms with Crippen molar-refractivity contribution < 1.29 is 15.4 Å². The molecule has 0 aromatic heterocycles. The van der Waals surface area contributed by atoms with Crippen molar-refractivity contribution in [2.24, 2.45) is 5.92 Å². The van der Waals surface area contributed by atoms with E-state index in [1.54, 1.807) is 0 Å². The fraction of sp³-hybridized carbons (Fsp3) is 0.909. The first kappa shape index (κ1) is 16.8. The fourth-order valence-corrected chi connectivity index (χ4v) is 1.39. The fourth-order valence-electron chi connectivity index (χ4n) is 1.39. The van der Waals surface area contributed by atoms with Crippen LogP contribution in [0.2, 0.25) is 0 Å². The van der Waals surface area contributed by atoms with Gasteiger partial charge in [0.25, 0.3) is 0 Å². The number of hydrogen-bond acceptors (Lipinski definition) is 2. The van der Waals surface area contributed by atoms with Crippen molar-refractivity contribution in [2.45, 2.75) is 52.5 Å². The molecule has 15 heavy (non-hydrogen) atoms. The largest absolute Gasteiger partial charge is 0.480 e. The van der Waals surface area contributed by atoms with Crippen LogP contribution in [-0.4, -0.2) is 29.1 Å². The highest BCUT2D eigenvalue weighted by Crippen LogP contribution is 2.05. The number of nitrogens with one attached hydrogen (secondary N) is 1. The van der Waals surface area contributed by atoms with Crippen LogP contribution in [-0.2, 0) is 4.79 Å². The van der Waals surface area contributed by atoms with Gasteiger partial charge < -0.3 is 15.9 Å². The van der Waals surface area contributed by atoms with Crippen molar-refractivity contribution >= 4 is 5.97 Å². The van der Waals surface area contributed by atoms with E-state index in [1.807, 2.05) is 13.8 Å². The standard InChI is InChI=1S/C11H23NO2.H2O/c1-4-5-6-7-12-10(11(13)14)8-9(2)3;/h9-10,12H,4-8H2,1-3H3,(H,13,14);1H2. The monoisotopic (exact) mass is 219 g/mol. The second-order valence-electron chi connectivity index (χ2n) is 4.18. The van der Waals surface area contributed by atoms with Crippen molar-refractivity contribution in [2.75, 3.05) is 6.54 Å². The highest BCUT2D eigenvalue weighted by atomic mass is 16.4. The Hall–Kier alpha value is -0.610. The Morgan fingerprint density at radius 2 is 1.93 bits per heavy atom. The number of carboxylic acids is 1. The maximum atomic E-state index is 10.8. The molecule has 0 rings (SSSR count). The number of carboxylic acid groups (broad SMARTS) is 1. The third-order valence-corrected chi connectivity index (χ3v) is 2.18. The predicted molar refractivity (Wildman–Crippen MR) is 62.0 cm³/mol. The molecular weight excluding hydrogens is 194 g/mol. The molecule has 4 N–H and O–H groups in total. The Bertz CT molecular complexity index is 160. The first-order valence-corrected chi connectivity index (χ1v) is 5.54. The third kappa shape index (κ3) is 9.69. The zero-order valence-corrected chi connectivity index (χ0v) is 10.0. The summed E-state index contributed by atoms with van der Waals surface area (Å²) in [5.74, 6) is -0.301. The maximum absolute atomic E-state index is 10.8. The second kappa shape index (κ2) is 9.93. The average Bonchev–Trinajstić information content (AvgIpc) is 2.09. The average molecular weight is 219 g/mol. The Labute approximate surface area is 92.4 Å². The number of rotatable bonds is 8. The summed E-state index contributed by atoms with van der Waals surface area (Å²) < 4.78 is 0. The van der Waals surface area contributed by atoms with Crippen molar-refractivity contribution in [1.29, 1.82) is 0 Å². The molecular formula is C11H25NO3. The molecule has 0 saturated heterocycles. The van der Waals surface area contributed by atoms with Crippen LogP contribution in [0.15, 0.2) is 0 Å². The van der Waals surface area contributed by atoms with E-state index < -0.39 is 5.97 Å². The molecule has 4 nitrogen and oxygen atoms in total. The van der Waals surface area contributed by atoms with Gasteiger partial charge in [0.05, 0.1) is 0 Å². The van der Waals surface area contributed by atoms with E-state index in [1.165, 1.54) is 12.8 Å². The normalized spacial score (nSPS) is 12.3. The molecule has 1 atom stereocenters. The van der Waals surface area contributed by atoms with Crippen LogP contribution in [0.1, 0.15) is 46.5 Å². The van der Waals surface area contributed by atoms with Gasteiger partial charge in [-0.15, -0.1) is 0 Å². The SMILES string of the molecule is CCCCCNC(CC(C)C)C(=O)O.O. The van der Waals surface area contributed by atoms with E-state index in [9.17, 15) is 4.79 Å². The summed E-state index contributed by atoms with van der Waals surface area (Å²) in [6, 6.07) is -0.369. The van der Waals surface area contributed by atoms with Gasteiger partial charge in [0.1, 0.15) is 6.04 Å². The minimum atomic E-state index is -0.727. The van der Waals surface area contributed by atoms with Gasteiger partial charge in [-0.2, -0.15) is 0 Å². The van der Waals surface area contributed by atoms with Crippen molar-refractivity contribution in [3.63, 3.8) is 0 Å². The van der Waals surface area contributed by atoms with Crippen LogP contribution in [0.4, 0.5) is 0 Å². The lowest BCUT2D eigenvalue weighted by Crippen LogP contribution is -2.38. The molecule has 1 unspecified atom stereocenters. The Balaban J connectivity index is 0. The second-order valence-corrected chi connectivity index (χ2v) is 4.18. The molecule has 0 fully saturated rings. The number of carbonyl (C=O) groups is 1. The molecule has 0 aromatic carbocycles. The molecule has 0 aromatic rings. The van der Waals surface area contributed by atoms with E-state index in [0.29, 0.717) is 12.3 Å². The smallest absolute Gasteiger partial charge is 0.320 e. The van der Waals surface area contributed by atoms with E-state index in [4.69, 9.17) is 5.11 Å². The van der Waals surface area contributed by atoms with Crippen LogP contribution in [0.25, 0.3) is 0 Å². The summed E-state index contributed by atoms with van der Waals surface area (Å²) in [6.07, 6.45) is 4.12.